The number of aliphatic hydroxyl groups is 1. The van der Waals surface area contributed by atoms with Gasteiger partial charge in [-0.15, -0.1) is 10.2 Å². The highest BCUT2D eigenvalue weighted by atomic mass is 32.2. The van der Waals surface area contributed by atoms with Crippen molar-refractivity contribution in [2.75, 3.05) is 4.90 Å². The first-order valence-corrected chi connectivity index (χ1v) is 13.2. The van der Waals surface area contributed by atoms with E-state index < -0.39 is 29.3 Å². The number of amides is 1. The molecule has 1 N–H and O–H groups in total. The third-order valence-corrected chi connectivity index (χ3v) is 7.92. The average Bonchev–Trinajstić information content (AvgIpc) is 3.49. The highest BCUT2D eigenvalue weighted by Gasteiger charge is 2.46. The summed E-state index contributed by atoms with van der Waals surface area (Å²) >= 11 is 2.24. The molecular weight excluding hydrogens is 528 g/mol. The Bertz CT molecular complexity index is 1570. The van der Waals surface area contributed by atoms with Gasteiger partial charge in [-0.1, -0.05) is 95.9 Å². The van der Waals surface area contributed by atoms with Crippen LogP contribution in [0, 0.1) is 11.6 Å². The Morgan fingerprint density at radius 2 is 1.66 bits per heavy atom. The summed E-state index contributed by atoms with van der Waals surface area (Å²) in [5, 5.41) is 19.0. The van der Waals surface area contributed by atoms with Gasteiger partial charge in [-0.3, -0.25) is 14.5 Å². The lowest BCUT2D eigenvalue weighted by Crippen LogP contribution is -2.31. The van der Waals surface area contributed by atoms with Crippen molar-refractivity contribution >= 4 is 46.0 Å². The topological polar surface area (TPSA) is 83.4 Å². The molecular formula is C28H19F2N3O3S2. The van der Waals surface area contributed by atoms with E-state index >= 15 is 0 Å². The summed E-state index contributed by atoms with van der Waals surface area (Å²) in [5.74, 6) is -3.04. The zero-order valence-electron chi connectivity index (χ0n) is 19.6. The summed E-state index contributed by atoms with van der Waals surface area (Å²) in [7, 11) is 0. The molecule has 0 fully saturated rings. The Balaban J connectivity index is 1.47. The highest BCUT2D eigenvalue weighted by molar-refractivity contribution is 8.00. The van der Waals surface area contributed by atoms with Crippen molar-refractivity contribution in [2.24, 2.45) is 0 Å². The number of nitrogens with zero attached hydrogens (tertiary/aromatic N) is 3. The fraction of sp³-hybridized carbons (Fsp3) is 0.0714. The number of thioether (sulfide) groups is 1. The zero-order chi connectivity index (χ0) is 26.6. The van der Waals surface area contributed by atoms with Crippen LogP contribution in [-0.2, 0) is 15.3 Å². The first-order chi connectivity index (χ1) is 18.4. The summed E-state index contributed by atoms with van der Waals surface area (Å²) in [4.78, 5) is 27.6. The maximum absolute atomic E-state index is 15.0. The van der Waals surface area contributed by atoms with Crippen molar-refractivity contribution in [1.29, 1.82) is 0 Å². The Morgan fingerprint density at radius 3 is 2.39 bits per heavy atom. The van der Waals surface area contributed by atoms with Gasteiger partial charge in [0.25, 0.3) is 5.91 Å². The lowest BCUT2D eigenvalue weighted by atomic mass is 9.95. The van der Waals surface area contributed by atoms with E-state index in [2.05, 4.69) is 10.2 Å². The molecule has 1 atom stereocenters. The van der Waals surface area contributed by atoms with Crippen LogP contribution in [0.5, 0.6) is 0 Å². The summed E-state index contributed by atoms with van der Waals surface area (Å²) in [5.41, 5.74) is 0.985. The van der Waals surface area contributed by atoms with Crippen molar-refractivity contribution < 1.29 is 23.5 Å². The van der Waals surface area contributed by atoms with E-state index in [-0.39, 0.29) is 27.8 Å². The molecule has 0 spiro atoms. The number of benzene rings is 3. The molecule has 10 heteroatoms. The lowest BCUT2D eigenvalue weighted by Gasteiger charge is -2.24. The second-order valence-electron chi connectivity index (χ2n) is 8.20. The van der Waals surface area contributed by atoms with Crippen LogP contribution in [-0.4, -0.2) is 27.0 Å². The second-order valence-corrected chi connectivity index (χ2v) is 10.4. The van der Waals surface area contributed by atoms with Gasteiger partial charge in [-0.05, 0) is 29.3 Å². The van der Waals surface area contributed by atoms with Gasteiger partial charge in [-0.2, -0.15) is 0 Å². The van der Waals surface area contributed by atoms with E-state index in [0.29, 0.717) is 9.90 Å². The van der Waals surface area contributed by atoms with Gasteiger partial charge in [0.15, 0.2) is 15.9 Å². The van der Waals surface area contributed by atoms with E-state index in [1.807, 2.05) is 6.07 Å². The van der Waals surface area contributed by atoms with Crippen LogP contribution in [0.2, 0.25) is 0 Å². The Hall–Kier alpha value is -4.15. The molecule has 2 heterocycles. The minimum Gasteiger partial charge on any atom is -0.503 e. The fourth-order valence-electron chi connectivity index (χ4n) is 3.98. The summed E-state index contributed by atoms with van der Waals surface area (Å²) in [6.45, 7) is 0. The predicted octanol–water partition coefficient (Wildman–Crippen LogP) is 6.29. The number of hydrogen-bond acceptors (Lipinski definition) is 7. The number of halogens is 2. The molecule has 0 bridgehead atoms. The molecule has 6 nitrogen and oxygen atoms in total. The molecule has 1 amide bonds. The normalized spacial score (nSPS) is 15.6. The third kappa shape index (κ3) is 5.13. The van der Waals surface area contributed by atoms with Crippen molar-refractivity contribution in [1.82, 2.24) is 10.2 Å². The van der Waals surface area contributed by atoms with Crippen LogP contribution in [0.15, 0.2) is 101 Å². The Labute approximate surface area is 225 Å². The number of ketones is 1. The lowest BCUT2D eigenvalue weighted by molar-refractivity contribution is -0.117. The Kier molecular flexibility index (Phi) is 7.43. The van der Waals surface area contributed by atoms with Gasteiger partial charge in [0, 0.05) is 11.3 Å². The summed E-state index contributed by atoms with van der Waals surface area (Å²) < 4.78 is 29.4. The molecule has 1 aromatic heterocycles. The molecule has 1 unspecified atom stereocenters. The molecule has 4 aromatic rings. The first-order valence-electron chi connectivity index (χ1n) is 11.4. The number of aromatic nitrogens is 2. The number of hydrogen-bond donors (Lipinski definition) is 1. The van der Waals surface area contributed by atoms with Crippen LogP contribution in [0.1, 0.15) is 22.7 Å². The van der Waals surface area contributed by atoms with Crippen LogP contribution < -0.4 is 4.90 Å². The van der Waals surface area contributed by atoms with Crippen molar-refractivity contribution in [2.45, 2.75) is 16.1 Å². The van der Waals surface area contributed by atoms with Crippen LogP contribution in [0.25, 0.3) is 6.08 Å². The molecule has 0 aliphatic carbocycles. The van der Waals surface area contributed by atoms with Crippen LogP contribution in [0.4, 0.5) is 13.9 Å². The van der Waals surface area contributed by atoms with E-state index in [1.165, 1.54) is 42.1 Å². The number of allylic oxidation sites excluding steroid dienone is 1. The molecule has 0 saturated carbocycles. The maximum atomic E-state index is 15.0. The maximum Gasteiger partial charge on any atom is 0.296 e. The summed E-state index contributed by atoms with van der Waals surface area (Å²) in [6, 6.07) is 19.8. The zero-order valence-corrected chi connectivity index (χ0v) is 21.3. The standard InChI is InChI=1S/C28H19F2N3O3S2/c29-20-12-6-4-10-18(20)16-37-28-32-31-27(38-28)33-24(19-11-5-7-13-21(19)30)23(25(35)26(33)36)22(34)15-14-17-8-2-1-3-9-17/h1-15,24,35H,16H2. The number of aliphatic hydroxyl groups excluding tert-OH is 1. The van der Waals surface area contributed by atoms with E-state index in [0.717, 1.165) is 21.8 Å². The quantitative estimate of drug-likeness (QED) is 0.159. The van der Waals surface area contributed by atoms with E-state index in [4.69, 9.17) is 0 Å². The molecule has 5 rings (SSSR count). The molecule has 38 heavy (non-hydrogen) atoms. The Morgan fingerprint density at radius 1 is 0.974 bits per heavy atom. The van der Waals surface area contributed by atoms with Gasteiger partial charge in [-0.25, -0.2) is 8.78 Å². The van der Waals surface area contributed by atoms with Crippen LogP contribution in [0.3, 0.4) is 0 Å². The van der Waals surface area contributed by atoms with Crippen molar-refractivity contribution in [3.8, 4) is 0 Å². The van der Waals surface area contributed by atoms with Gasteiger partial charge < -0.3 is 5.11 Å². The average molecular weight is 548 g/mol. The molecule has 190 valence electrons. The fourth-order valence-corrected chi connectivity index (χ4v) is 5.84. The minimum atomic E-state index is -1.26. The molecule has 0 saturated heterocycles. The molecule has 1 aliphatic heterocycles. The number of carbonyl (C=O) groups excluding carboxylic acids is 2. The van der Waals surface area contributed by atoms with Gasteiger partial charge in [0.1, 0.15) is 17.7 Å². The highest BCUT2D eigenvalue weighted by Crippen LogP contribution is 2.44. The number of anilines is 1. The monoisotopic (exact) mass is 547 g/mol. The SMILES string of the molecule is O=C(C=Cc1ccccc1)C1=C(O)C(=O)N(c2nnc(SCc3ccccc3F)s2)C1c1ccccc1F. The van der Waals surface area contributed by atoms with Gasteiger partial charge in [0.05, 0.1) is 5.57 Å². The van der Waals surface area contributed by atoms with E-state index in [1.54, 1.807) is 54.6 Å². The molecule has 0 radical (unpaired) electrons. The number of carbonyl (C=O) groups is 2. The van der Waals surface area contributed by atoms with Gasteiger partial charge in [0.2, 0.25) is 5.13 Å². The van der Waals surface area contributed by atoms with Crippen molar-refractivity contribution in [3.63, 3.8) is 0 Å². The largest absolute Gasteiger partial charge is 0.503 e. The van der Waals surface area contributed by atoms with Crippen molar-refractivity contribution in [3.05, 3.63) is 125 Å². The second kappa shape index (κ2) is 11.1. The first kappa shape index (κ1) is 25.5. The van der Waals surface area contributed by atoms with E-state index in [9.17, 15) is 23.5 Å². The third-order valence-electron chi connectivity index (χ3n) is 5.81. The predicted molar refractivity (Wildman–Crippen MR) is 143 cm³/mol. The minimum absolute atomic E-state index is 0.0251. The number of rotatable bonds is 8. The van der Waals surface area contributed by atoms with Gasteiger partial charge >= 0.3 is 0 Å². The molecule has 3 aromatic carbocycles. The summed E-state index contributed by atoms with van der Waals surface area (Å²) in [6.07, 6.45) is 2.79. The molecule has 1 aliphatic rings. The van der Waals surface area contributed by atoms with Crippen LogP contribution >= 0.6 is 23.1 Å². The smallest absolute Gasteiger partial charge is 0.296 e.